The molecule has 0 aliphatic carbocycles. The van der Waals surface area contributed by atoms with Gasteiger partial charge in [-0.1, -0.05) is 6.92 Å². The van der Waals surface area contributed by atoms with Gasteiger partial charge in [-0.05, 0) is 27.7 Å². The second-order valence-electron chi connectivity index (χ2n) is 3.43. The smallest absolute Gasteiger partial charge is 0.309 e. The van der Waals surface area contributed by atoms with Gasteiger partial charge in [0.2, 0.25) is 0 Å². The summed E-state index contributed by atoms with van der Waals surface area (Å²) in [4.78, 5) is 10.9. The Bertz CT molecular complexity index is 120. The predicted molar refractivity (Wildman–Crippen MR) is 40.4 cm³/mol. The highest BCUT2D eigenvalue weighted by atomic mass is 16.6. The van der Waals surface area contributed by atoms with E-state index in [-0.39, 0.29) is 17.5 Å². The Morgan fingerprint density at radius 3 is 2.00 bits per heavy atom. The summed E-state index contributed by atoms with van der Waals surface area (Å²) >= 11 is 0. The Morgan fingerprint density at radius 1 is 1.50 bits per heavy atom. The van der Waals surface area contributed by atoms with Crippen LogP contribution in [-0.2, 0) is 9.53 Å². The van der Waals surface area contributed by atoms with E-state index >= 15 is 0 Å². The molecule has 59 valence electrons. The maximum atomic E-state index is 10.9. The van der Waals surface area contributed by atoms with Gasteiger partial charge in [-0.25, -0.2) is 0 Å². The van der Waals surface area contributed by atoms with Gasteiger partial charge in [-0.3, -0.25) is 4.79 Å². The second-order valence-corrected chi connectivity index (χ2v) is 3.43. The van der Waals surface area contributed by atoms with Crippen molar-refractivity contribution in [1.82, 2.24) is 0 Å². The number of ether oxygens (including phenoxy) is 1. The van der Waals surface area contributed by atoms with Crippen LogP contribution in [0.1, 0.15) is 27.7 Å². The molecule has 0 unspecified atom stereocenters. The van der Waals surface area contributed by atoms with Crippen LogP contribution in [0.4, 0.5) is 0 Å². The Hall–Kier alpha value is -0.530. The molecule has 1 atom stereocenters. The molecule has 10 heavy (non-hydrogen) atoms. The molecule has 0 saturated carbocycles. The lowest BCUT2D eigenvalue weighted by Gasteiger charge is -2.20. The first-order valence-electron chi connectivity index (χ1n) is 3.39. The van der Waals surface area contributed by atoms with Gasteiger partial charge >= 0.3 is 5.97 Å². The van der Waals surface area contributed by atoms with Crippen LogP contribution in [0.5, 0.6) is 0 Å². The van der Waals surface area contributed by atoms with Crippen molar-refractivity contribution >= 4 is 5.97 Å². The van der Waals surface area contributed by atoms with Gasteiger partial charge in [0, 0.05) is 0 Å². The number of esters is 1. The zero-order valence-corrected chi connectivity index (χ0v) is 7.10. The molecule has 0 rings (SSSR count). The summed E-state index contributed by atoms with van der Waals surface area (Å²) in [5, 5.41) is 0. The van der Waals surface area contributed by atoms with E-state index in [2.05, 4.69) is 6.92 Å². The largest absolute Gasteiger partial charge is 0.460 e. The van der Waals surface area contributed by atoms with E-state index in [9.17, 15) is 4.79 Å². The Balaban J connectivity index is 3.81. The van der Waals surface area contributed by atoms with Crippen molar-refractivity contribution in [3.8, 4) is 0 Å². The van der Waals surface area contributed by atoms with Crippen molar-refractivity contribution in [3.63, 3.8) is 0 Å². The Morgan fingerprint density at radius 2 is 1.90 bits per heavy atom. The molecule has 2 heteroatoms. The van der Waals surface area contributed by atoms with Gasteiger partial charge in [-0.15, -0.1) is 0 Å². The Kier molecular flexibility index (Phi) is 2.88. The number of carbonyl (C=O) groups excluding carboxylic acids is 1. The summed E-state index contributed by atoms with van der Waals surface area (Å²) < 4.78 is 5.00. The first-order valence-corrected chi connectivity index (χ1v) is 3.39. The van der Waals surface area contributed by atoms with Crippen molar-refractivity contribution < 1.29 is 9.53 Å². The van der Waals surface area contributed by atoms with Gasteiger partial charge < -0.3 is 4.74 Å². The summed E-state index contributed by atoms with van der Waals surface area (Å²) in [6, 6.07) is 0. The highest BCUT2D eigenvalue weighted by Gasteiger charge is 2.18. The molecule has 0 saturated heterocycles. The molecule has 0 aromatic carbocycles. The van der Waals surface area contributed by atoms with Crippen LogP contribution < -0.4 is 0 Å². The summed E-state index contributed by atoms with van der Waals surface area (Å²) in [5.74, 6) is -0.522. The van der Waals surface area contributed by atoms with Gasteiger partial charge in [0.1, 0.15) is 5.60 Å². The van der Waals surface area contributed by atoms with E-state index < -0.39 is 0 Å². The van der Waals surface area contributed by atoms with Crippen molar-refractivity contribution in [2.24, 2.45) is 5.92 Å². The normalized spacial score (nSPS) is 11.8. The average Bonchev–Trinajstić information content (AvgIpc) is 1.60. The van der Waals surface area contributed by atoms with Crippen molar-refractivity contribution in [2.75, 3.05) is 0 Å². The van der Waals surface area contributed by atoms with Crippen molar-refractivity contribution in [3.05, 3.63) is 6.92 Å². The lowest BCUT2D eigenvalue weighted by molar-refractivity contribution is -0.157. The summed E-state index contributed by atoms with van der Waals surface area (Å²) in [6.07, 6.45) is 0. The predicted octanol–water partition coefficient (Wildman–Crippen LogP) is 1.80. The Labute approximate surface area is 62.6 Å². The molecule has 0 fully saturated rings. The molecule has 2 nitrogen and oxygen atoms in total. The fourth-order valence-electron chi connectivity index (χ4n) is 0.402. The number of rotatable bonds is 1. The standard InChI is InChI=1S/C8H15O2/c1-6(2)7(9)10-8(3,4)5/h6H,1H2,2-5H3/t6-/m0/s1. The third-order valence-corrected chi connectivity index (χ3v) is 0.809. The molecule has 0 aromatic rings. The zero-order valence-electron chi connectivity index (χ0n) is 7.10. The molecular weight excluding hydrogens is 128 g/mol. The SMILES string of the molecule is [CH2][C@@H](C)C(=O)OC(C)(C)C. The second kappa shape index (κ2) is 3.04. The van der Waals surface area contributed by atoms with E-state index in [1.165, 1.54) is 0 Å². The molecule has 0 bridgehead atoms. The van der Waals surface area contributed by atoms with Crippen LogP contribution in [0.15, 0.2) is 0 Å². The minimum atomic E-state index is -0.386. The quantitative estimate of drug-likeness (QED) is 0.523. The average molecular weight is 143 g/mol. The molecule has 0 N–H and O–H groups in total. The number of hydrogen-bond donors (Lipinski definition) is 0. The van der Waals surface area contributed by atoms with Crippen LogP contribution in [-0.4, -0.2) is 11.6 Å². The lowest BCUT2D eigenvalue weighted by Crippen LogP contribution is -2.26. The minimum absolute atomic E-state index is 0.243. The fraction of sp³-hybridized carbons (Fsp3) is 0.750. The first-order chi connectivity index (χ1) is 4.33. The number of carbonyl (C=O) groups is 1. The highest BCUT2D eigenvalue weighted by Crippen LogP contribution is 2.09. The number of hydrogen-bond acceptors (Lipinski definition) is 2. The van der Waals surface area contributed by atoms with Crippen molar-refractivity contribution in [2.45, 2.75) is 33.3 Å². The molecular formula is C8H15O2. The summed E-state index contributed by atoms with van der Waals surface area (Å²) in [7, 11) is 0. The minimum Gasteiger partial charge on any atom is -0.460 e. The summed E-state index contributed by atoms with van der Waals surface area (Å²) in [6.45, 7) is 10.8. The van der Waals surface area contributed by atoms with E-state index in [4.69, 9.17) is 4.74 Å². The van der Waals surface area contributed by atoms with E-state index in [0.29, 0.717) is 0 Å². The molecule has 0 aromatic heterocycles. The maximum Gasteiger partial charge on any atom is 0.309 e. The van der Waals surface area contributed by atoms with Crippen molar-refractivity contribution in [1.29, 1.82) is 0 Å². The lowest BCUT2D eigenvalue weighted by atomic mass is 10.1. The highest BCUT2D eigenvalue weighted by molar-refractivity contribution is 5.72. The fourth-order valence-corrected chi connectivity index (χ4v) is 0.402. The van der Waals surface area contributed by atoms with Crippen LogP contribution in [0.25, 0.3) is 0 Å². The molecule has 0 amide bonds. The topological polar surface area (TPSA) is 26.3 Å². The first kappa shape index (κ1) is 9.47. The molecule has 0 heterocycles. The van der Waals surface area contributed by atoms with E-state index in [0.717, 1.165) is 0 Å². The van der Waals surface area contributed by atoms with Gasteiger partial charge in [0.25, 0.3) is 0 Å². The van der Waals surface area contributed by atoms with Gasteiger partial charge in [-0.2, -0.15) is 0 Å². The maximum absolute atomic E-state index is 10.9. The monoisotopic (exact) mass is 143 g/mol. The molecule has 0 spiro atoms. The van der Waals surface area contributed by atoms with E-state index in [1.54, 1.807) is 6.92 Å². The molecule has 0 aliphatic rings. The molecule has 0 aliphatic heterocycles. The third-order valence-electron chi connectivity index (χ3n) is 0.809. The van der Waals surface area contributed by atoms with E-state index in [1.807, 2.05) is 20.8 Å². The van der Waals surface area contributed by atoms with Crippen LogP contribution in [0, 0.1) is 12.8 Å². The van der Waals surface area contributed by atoms with Crippen LogP contribution in [0.3, 0.4) is 0 Å². The van der Waals surface area contributed by atoms with Crippen LogP contribution >= 0.6 is 0 Å². The molecule has 1 radical (unpaired) electrons. The van der Waals surface area contributed by atoms with Gasteiger partial charge in [0.15, 0.2) is 0 Å². The third kappa shape index (κ3) is 4.36. The summed E-state index contributed by atoms with van der Waals surface area (Å²) in [5.41, 5.74) is -0.386. The van der Waals surface area contributed by atoms with Gasteiger partial charge in [0.05, 0.1) is 5.92 Å². The van der Waals surface area contributed by atoms with Crippen LogP contribution in [0.2, 0.25) is 0 Å². The zero-order chi connectivity index (χ0) is 8.36.